The van der Waals surface area contributed by atoms with Crippen molar-refractivity contribution in [2.75, 3.05) is 20.2 Å². The average Bonchev–Trinajstić information content (AvgIpc) is 2.74. The number of likely N-dealkylation sites (tertiary alicyclic amines) is 1. The zero-order valence-corrected chi connectivity index (χ0v) is 17.6. The standard InChI is InChI=1S/C25H31NO3/c1-19(2)8-6-13-25(27)26-16-14-21(15-17-26)29-22-10-7-9-20(18-22)23-11-4-5-12-24(23)28-3/h4-7,9-13,18-19,21H,8,14-17H2,1-3H3/b13-6+. The van der Waals surface area contributed by atoms with Crippen molar-refractivity contribution in [3.8, 4) is 22.6 Å². The van der Waals surface area contributed by atoms with Crippen LogP contribution in [-0.2, 0) is 4.79 Å². The van der Waals surface area contributed by atoms with Crippen LogP contribution in [0.15, 0.2) is 60.7 Å². The second-order valence-electron chi connectivity index (χ2n) is 7.90. The summed E-state index contributed by atoms with van der Waals surface area (Å²) in [7, 11) is 1.69. The molecule has 3 rings (SSSR count). The van der Waals surface area contributed by atoms with Gasteiger partial charge in [0.15, 0.2) is 0 Å². The molecule has 0 bridgehead atoms. The Hall–Kier alpha value is -2.75. The fourth-order valence-electron chi connectivity index (χ4n) is 3.55. The Morgan fingerprint density at radius 3 is 2.62 bits per heavy atom. The number of allylic oxidation sites excluding steroid dienone is 1. The maximum atomic E-state index is 12.3. The quantitative estimate of drug-likeness (QED) is 0.597. The van der Waals surface area contributed by atoms with Crippen LogP contribution < -0.4 is 9.47 Å². The van der Waals surface area contributed by atoms with E-state index >= 15 is 0 Å². The van der Waals surface area contributed by atoms with E-state index in [0.29, 0.717) is 5.92 Å². The first-order valence-electron chi connectivity index (χ1n) is 10.4. The number of rotatable bonds is 7. The van der Waals surface area contributed by atoms with Crippen molar-refractivity contribution in [1.29, 1.82) is 0 Å². The maximum absolute atomic E-state index is 12.3. The Labute approximate surface area is 174 Å². The third kappa shape index (κ3) is 5.86. The molecule has 1 heterocycles. The van der Waals surface area contributed by atoms with Crippen LogP contribution in [0.4, 0.5) is 0 Å². The van der Waals surface area contributed by atoms with Crippen LogP contribution in [0.3, 0.4) is 0 Å². The van der Waals surface area contributed by atoms with Gasteiger partial charge in [0.25, 0.3) is 0 Å². The average molecular weight is 394 g/mol. The van der Waals surface area contributed by atoms with Gasteiger partial charge in [-0.15, -0.1) is 0 Å². The third-order valence-electron chi connectivity index (χ3n) is 5.18. The zero-order valence-electron chi connectivity index (χ0n) is 17.6. The van der Waals surface area contributed by atoms with Gasteiger partial charge in [0.1, 0.15) is 17.6 Å². The summed E-state index contributed by atoms with van der Waals surface area (Å²) in [6, 6.07) is 16.1. The Morgan fingerprint density at radius 2 is 1.90 bits per heavy atom. The van der Waals surface area contributed by atoms with Gasteiger partial charge in [0.05, 0.1) is 7.11 Å². The summed E-state index contributed by atoms with van der Waals surface area (Å²) in [4.78, 5) is 14.2. The number of ether oxygens (including phenoxy) is 2. The highest BCUT2D eigenvalue weighted by molar-refractivity contribution is 5.87. The number of amides is 1. The number of carbonyl (C=O) groups is 1. The van der Waals surface area contributed by atoms with Crippen LogP contribution in [0.1, 0.15) is 33.1 Å². The minimum atomic E-state index is 0.113. The molecule has 0 atom stereocenters. The van der Waals surface area contributed by atoms with E-state index in [2.05, 4.69) is 32.0 Å². The molecule has 1 saturated heterocycles. The summed E-state index contributed by atoms with van der Waals surface area (Å²) in [6.07, 6.45) is 6.47. The fraction of sp³-hybridized carbons (Fsp3) is 0.400. The molecule has 1 aliphatic rings. The summed E-state index contributed by atoms with van der Waals surface area (Å²) in [5.74, 6) is 2.39. The van der Waals surface area contributed by atoms with Crippen LogP contribution >= 0.6 is 0 Å². The lowest BCUT2D eigenvalue weighted by molar-refractivity contribution is -0.127. The molecular formula is C25H31NO3. The van der Waals surface area contributed by atoms with Crippen molar-refractivity contribution >= 4 is 5.91 Å². The minimum Gasteiger partial charge on any atom is -0.496 e. The molecule has 0 N–H and O–H groups in total. The van der Waals surface area contributed by atoms with Crippen LogP contribution in [0.5, 0.6) is 11.5 Å². The smallest absolute Gasteiger partial charge is 0.246 e. The molecule has 0 radical (unpaired) electrons. The van der Waals surface area contributed by atoms with Gasteiger partial charge in [-0.3, -0.25) is 4.79 Å². The van der Waals surface area contributed by atoms with Crippen molar-refractivity contribution in [1.82, 2.24) is 4.90 Å². The summed E-state index contributed by atoms with van der Waals surface area (Å²) in [6.45, 7) is 5.78. The van der Waals surface area contributed by atoms with E-state index in [0.717, 1.165) is 55.0 Å². The Balaban J connectivity index is 1.57. The fourth-order valence-corrected chi connectivity index (χ4v) is 3.55. The lowest BCUT2D eigenvalue weighted by atomic mass is 10.0. The van der Waals surface area contributed by atoms with Crippen molar-refractivity contribution in [2.45, 2.75) is 39.2 Å². The number of piperidine rings is 1. The van der Waals surface area contributed by atoms with E-state index < -0.39 is 0 Å². The van der Waals surface area contributed by atoms with Gasteiger partial charge in [0, 0.05) is 31.5 Å². The molecule has 0 saturated carbocycles. The van der Waals surface area contributed by atoms with E-state index in [-0.39, 0.29) is 12.0 Å². The predicted molar refractivity (Wildman–Crippen MR) is 117 cm³/mol. The molecule has 154 valence electrons. The number of para-hydroxylation sites is 1. The van der Waals surface area contributed by atoms with E-state index in [1.165, 1.54) is 0 Å². The van der Waals surface area contributed by atoms with Gasteiger partial charge in [-0.05, 0) is 42.2 Å². The van der Waals surface area contributed by atoms with Crippen LogP contribution in [0.25, 0.3) is 11.1 Å². The third-order valence-corrected chi connectivity index (χ3v) is 5.18. The van der Waals surface area contributed by atoms with Crippen LogP contribution in [0, 0.1) is 5.92 Å². The van der Waals surface area contributed by atoms with E-state index in [1.54, 1.807) is 13.2 Å². The van der Waals surface area contributed by atoms with Gasteiger partial charge >= 0.3 is 0 Å². The topological polar surface area (TPSA) is 38.8 Å². The summed E-state index contributed by atoms with van der Waals surface area (Å²) in [5, 5.41) is 0. The Bertz CT molecular complexity index is 835. The van der Waals surface area contributed by atoms with Crippen molar-refractivity contribution < 1.29 is 14.3 Å². The second-order valence-corrected chi connectivity index (χ2v) is 7.90. The highest BCUT2D eigenvalue weighted by Crippen LogP contribution is 2.32. The molecule has 4 nitrogen and oxygen atoms in total. The number of methoxy groups -OCH3 is 1. The first kappa shape index (κ1) is 21.0. The van der Waals surface area contributed by atoms with E-state index in [9.17, 15) is 4.79 Å². The Kier molecular flexibility index (Phi) is 7.34. The SMILES string of the molecule is COc1ccccc1-c1cccc(OC2CCN(C(=O)/C=C/CC(C)C)CC2)c1. The van der Waals surface area contributed by atoms with Gasteiger partial charge < -0.3 is 14.4 Å². The minimum absolute atomic E-state index is 0.113. The highest BCUT2D eigenvalue weighted by atomic mass is 16.5. The highest BCUT2D eigenvalue weighted by Gasteiger charge is 2.23. The second kappa shape index (κ2) is 10.1. The molecule has 4 heteroatoms. The zero-order chi connectivity index (χ0) is 20.6. The van der Waals surface area contributed by atoms with Gasteiger partial charge in [-0.25, -0.2) is 0 Å². The van der Waals surface area contributed by atoms with Gasteiger partial charge in [-0.1, -0.05) is 50.3 Å². The predicted octanol–water partition coefficient (Wildman–Crippen LogP) is 5.33. The molecule has 0 unspecified atom stereocenters. The summed E-state index contributed by atoms with van der Waals surface area (Å²) >= 11 is 0. The number of carbonyl (C=O) groups excluding carboxylic acids is 1. The normalized spacial score (nSPS) is 15.1. The summed E-state index contributed by atoms with van der Waals surface area (Å²) < 4.78 is 11.7. The maximum Gasteiger partial charge on any atom is 0.246 e. The lowest BCUT2D eigenvalue weighted by Crippen LogP contribution is -2.41. The monoisotopic (exact) mass is 393 g/mol. The number of hydrogen-bond acceptors (Lipinski definition) is 3. The molecule has 0 aliphatic carbocycles. The van der Waals surface area contributed by atoms with Crippen molar-refractivity contribution in [3.63, 3.8) is 0 Å². The molecular weight excluding hydrogens is 362 g/mol. The molecule has 0 aromatic heterocycles. The first-order valence-corrected chi connectivity index (χ1v) is 10.4. The number of benzene rings is 2. The molecule has 1 amide bonds. The largest absolute Gasteiger partial charge is 0.496 e. The molecule has 2 aromatic rings. The van der Waals surface area contributed by atoms with Crippen LogP contribution in [0.2, 0.25) is 0 Å². The molecule has 0 spiro atoms. The van der Waals surface area contributed by atoms with Crippen molar-refractivity contribution in [2.24, 2.45) is 5.92 Å². The number of hydrogen-bond donors (Lipinski definition) is 0. The van der Waals surface area contributed by atoms with Crippen molar-refractivity contribution in [3.05, 3.63) is 60.7 Å². The first-order chi connectivity index (χ1) is 14.1. The summed E-state index contributed by atoms with van der Waals surface area (Å²) in [5.41, 5.74) is 2.12. The molecule has 2 aromatic carbocycles. The lowest BCUT2D eigenvalue weighted by Gasteiger charge is -2.31. The Morgan fingerprint density at radius 1 is 1.14 bits per heavy atom. The molecule has 1 aliphatic heterocycles. The van der Waals surface area contributed by atoms with Gasteiger partial charge in [-0.2, -0.15) is 0 Å². The number of nitrogens with zero attached hydrogens (tertiary/aromatic N) is 1. The van der Waals surface area contributed by atoms with Crippen LogP contribution in [-0.4, -0.2) is 37.1 Å². The van der Waals surface area contributed by atoms with Gasteiger partial charge in [0.2, 0.25) is 5.91 Å². The molecule has 1 fully saturated rings. The molecule has 29 heavy (non-hydrogen) atoms. The van der Waals surface area contributed by atoms with E-state index in [4.69, 9.17) is 9.47 Å². The van der Waals surface area contributed by atoms with E-state index in [1.807, 2.05) is 41.3 Å².